The van der Waals surface area contributed by atoms with Crippen molar-refractivity contribution in [3.8, 4) is 5.69 Å². The van der Waals surface area contributed by atoms with Gasteiger partial charge in [0.15, 0.2) is 4.73 Å². The third kappa shape index (κ3) is 2.05. The molecule has 5 heteroatoms. The van der Waals surface area contributed by atoms with Gasteiger partial charge in [-0.3, -0.25) is 4.57 Å². The van der Waals surface area contributed by atoms with E-state index in [1.54, 1.807) is 0 Å². The van der Waals surface area contributed by atoms with Crippen molar-refractivity contribution in [1.82, 2.24) is 14.7 Å². The SMILES string of the molecule is C[C@@H]1c2oncc2C[C@]2(C)c3nc(Br)n(-c4ccccc4)c3CC[C@@H]12. The molecular formula is C20H20BrN3O. The quantitative estimate of drug-likeness (QED) is 0.591. The minimum absolute atomic E-state index is 0.0219. The largest absolute Gasteiger partial charge is 0.361 e. The van der Waals surface area contributed by atoms with Gasteiger partial charge in [-0.05, 0) is 53.2 Å². The normalized spacial score (nSPS) is 27.5. The Balaban J connectivity index is 1.69. The monoisotopic (exact) mass is 397 g/mol. The zero-order chi connectivity index (χ0) is 17.2. The maximum atomic E-state index is 5.56. The summed E-state index contributed by atoms with van der Waals surface area (Å²) in [5.74, 6) is 1.99. The average Bonchev–Trinajstić information content (AvgIpc) is 3.20. The third-order valence-electron chi connectivity index (χ3n) is 6.25. The molecule has 25 heavy (non-hydrogen) atoms. The van der Waals surface area contributed by atoms with Crippen molar-refractivity contribution in [2.24, 2.45) is 5.92 Å². The molecule has 0 radical (unpaired) electrons. The molecule has 5 rings (SSSR count). The molecule has 2 heterocycles. The highest BCUT2D eigenvalue weighted by Gasteiger charge is 2.51. The molecule has 0 saturated carbocycles. The van der Waals surface area contributed by atoms with Gasteiger partial charge in [0, 0.05) is 28.3 Å². The molecule has 128 valence electrons. The first-order chi connectivity index (χ1) is 12.1. The molecule has 0 unspecified atom stereocenters. The molecule has 0 spiro atoms. The van der Waals surface area contributed by atoms with Crippen molar-refractivity contribution in [2.45, 2.75) is 44.4 Å². The van der Waals surface area contributed by atoms with Gasteiger partial charge in [-0.15, -0.1) is 0 Å². The minimum atomic E-state index is 0.0219. The number of rotatable bonds is 1. The van der Waals surface area contributed by atoms with Crippen LogP contribution in [0.4, 0.5) is 0 Å². The smallest absolute Gasteiger partial charge is 0.182 e. The van der Waals surface area contributed by atoms with E-state index in [2.05, 4.69) is 63.8 Å². The fourth-order valence-electron chi connectivity index (χ4n) is 5.11. The van der Waals surface area contributed by atoms with Crippen LogP contribution in [0.15, 0.2) is 45.8 Å². The van der Waals surface area contributed by atoms with Crippen LogP contribution in [0.5, 0.6) is 0 Å². The summed E-state index contributed by atoms with van der Waals surface area (Å²) >= 11 is 3.72. The van der Waals surface area contributed by atoms with E-state index in [0.717, 1.165) is 29.8 Å². The highest BCUT2D eigenvalue weighted by atomic mass is 79.9. The van der Waals surface area contributed by atoms with Gasteiger partial charge in [0.05, 0.1) is 11.9 Å². The van der Waals surface area contributed by atoms with Crippen LogP contribution in [-0.4, -0.2) is 14.7 Å². The second-order valence-corrected chi connectivity index (χ2v) is 8.30. The number of halogens is 1. The van der Waals surface area contributed by atoms with Crippen LogP contribution in [0, 0.1) is 5.92 Å². The van der Waals surface area contributed by atoms with Crippen LogP contribution in [0.1, 0.15) is 48.9 Å². The number of benzene rings is 1. The zero-order valence-corrected chi connectivity index (χ0v) is 16.0. The van der Waals surface area contributed by atoms with Crippen LogP contribution in [0.25, 0.3) is 5.69 Å². The number of para-hydroxylation sites is 1. The standard InChI is InChI=1S/C20H20BrN3O/c1-12-15-8-9-16-18(20(15,2)10-13-11-22-25-17(12)13)23-19(21)24(16)14-6-4-3-5-7-14/h3-7,11-12,15H,8-10H2,1-2H3/t12-,15-,20-/m0/s1. The zero-order valence-electron chi connectivity index (χ0n) is 14.4. The van der Waals surface area contributed by atoms with E-state index in [0.29, 0.717) is 11.8 Å². The average molecular weight is 398 g/mol. The molecular weight excluding hydrogens is 378 g/mol. The second-order valence-electron chi connectivity index (χ2n) is 7.59. The minimum Gasteiger partial charge on any atom is -0.361 e. The number of nitrogens with zero attached hydrogens (tertiary/aromatic N) is 3. The Labute approximate surface area is 155 Å². The van der Waals surface area contributed by atoms with E-state index >= 15 is 0 Å². The van der Waals surface area contributed by atoms with E-state index in [1.165, 1.54) is 22.6 Å². The maximum Gasteiger partial charge on any atom is 0.182 e. The predicted molar refractivity (Wildman–Crippen MR) is 99.0 cm³/mol. The summed E-state index contributed by atoms with van der Waals surface area (Å²) in [7, 11) is 0. The highest BCUT2D eigenvalue weighted by molar-refractivity contribution is 9.10. The lowest BCUT2D eigenvalue weighted by Gasteiger charge is -2.46. The first kappa shape index (κ1) is 15.4. The highest BCUT2D eigenvalue weighted by Crippen LogP contribution is 2.53. The summed E-state index contributed by atoms with van der Waals surface area (Å²) < 4.78 is 8.73. The number of fused-ring (bicyclic) bond motifs is 4. The van der Waals surface area contributed by atoms with Crippen LogP contribution in [0.2, 0.25) is 0 Å². The second kappa shape index (κ2) is 5.31. The topological polar surface area (TPSA) is 43.9 Å². The summed E-state index contributed by atoms with van der Waals surface area (Å²) in [5.41, 5.74) is 5.00. The summed E-state index contributed by atoms with van der Waals surface area (Å²) in [6.07, 6.45) is 5.03. The molecule has 3 aromatic rings. The maximum absolute atomic E-state index is 5.56. The number of hydrogen-bond donors (Lipinski definition) is 0. The Morgan fingerprint density at radius 2 is 2.08 bits per heavy atom. The molecule has 0 aliphatic heterocycles. The Bertz CT molecular complexity index is 945. The van der Waals surface area contributed by atoms with Gasteiger partial charge in [0.1, 0.15) is 5.76 Å². The fraction of sp³-hybridized carbons (Fsp3) is 0.400. The lowest BCUT2D eigenvalue weighted by Crippen LogP contribution is -2.44. The van der Waals surface area contributed by atoms with Crippen molar-refractivity contribution in [3.05, 3.63) is 64.0 Å². The Kier molecular flexibility index (Phi) is 3.26. The number of hydrogen-bond acceptors (Lipinski definition) is 3. The van der Waals surface area contributed by atoms with Crippen LogP contribution in [0.3, 0.4) is 0 Å². The van der Waals surface area contributed by atoms with Crippen molar-refractivity contribution in [3.63, 3.8) is 0 Å². The van der Waals surface area contributed by atoms with E-state index in [1.807, 2.05) is 12.3 Å². The van der Waals surface area contributed by atoms with Crippen LogP contribution in [-0.2, 0) is 18.3 Å². The lowest BCUT2D eigenvalue weighted by molar-refractivity contribution is 0.171. The Hall–Kier alpha value is -1.88. The van der Waals surface area contributed by atoms with Gasteiger partial charge in [-0.25, -0.2) is 4.98 Å². The first-order valence-electron chi connectivity index (χ1n) is 8.86. The molecule has 0 saturated heterocycles. The molecule has 1 aromatic carbocycles. The van der Waals surface area contributed by atoms with Gasteiger partial charge in [0.25, 0.3) is 0 Å². The Morgan fingerprint density at radius 3 is 2.88 bits per heavy atom. The molecule has 0 bridgehead atoms. The van der Waals surface area contributed by atoms with Gasteiger partial charge < -0.3 is 4.52 Å². The van der Waals surface area contributed by atoms with Gasteiger partial charge in [0.2, 0.25) is 0 Å². The number of aromatic nitrogens is 3. The lowest BCUT2D eigenvalue weighted by atomic mass is 9.57. The van der Waals surface area contributed by atoms with Crippen LogP contribution >= 0.6 is 15.9 Å². The van der Waals surface area contributed by atoms with E-state index in [9.17, 15) is 0 Å². The molecule has 3 atom stereocenters. The van der Waals surface area contributed by atoms with Crippen molar-refractivity contribution >= 4 is 15.9 Å². The van der Waals surface area contributed by atoms with E-state index in [4.69, 9.17) is 9.51 Å². The summed E-state index contributed by atoms with van der Waals surface area (Å²) in [5, 5.41) is 4.06. The van der Waals surface area contributed by atoms with E-state index in [-0.39, 0.29) is 5.41 Å². The van der Waals surface area contributed by atoms with E-state index < -0.39 is 0 Å². The Morgan fingerprint density at radius 1 is 1.28 bits per heavy atom. The molecule has 0 amide bonds. The molecule has 2 aromatic heterocycles. The van der Waals surface area contributed by atoms with Crippen molar-refractivity contribution < 1.29 is 4.52 Å². The van der Waals surface area contributed by atoms with Crippen LogP contribution < -0.4 is 0 Å². The number of imidazole rings is 1. The first-order valence-corrected chi connectivity index (χ1v) is 9.65. The van der Waals surface area contributed by atoms with Crippen molar-refractivity contribution in [2.75, 3.05) is 0 Å². The predicted octanol–water partition coefficient (Wildman–Crippen LogP) is 4.80. The van der Waals surface area contributed by atoms with Gasteiger partial charge in [-0.2, -0.15) is 0 Å². The summed E-state index contributed by atoms with van der Waals surface area (Å²) in [6, 6.07) is 10.5. The summed E-state index contributed by atoms with van der Waals surface area (Å²) in [4.78, 5) is 5.00. The molecule has 4 nitrogen and oxygen atoms in total. The molecule has 2 aliphatic rings. The van der Waals surface area contributed by atoms with Gasteiger partial charge >= 0.3 is 0 Å². The van der Waals surface area contributed by atoms with Crippen molar-refractivity contribution in [1.29, 1.82) is 0 Å². The molecule has 2 aliphatic carbocycles. The molecule has 0 fully saturated rings. The fourth-order valence-corrected chi connectivity index (χ4v) is 5.71. The van der Waals surface area contributed by atoms with Gasteiger partial charge in [-0.1, -0.05) is 37.2 Å². The molecule has 0 N–H and O–H groups in total. The third-order valence-corrected chi connectivity index (χ3v) is 6.78. The summed E-state index contributed by atoms with van der Waals surface area (Å²) in [6.45, 7) is 4.65.